The van der Waals surface area contributed by atoms with E-state index in [1.807, 2.05) is 36.9 Å². The number of piperidine rings is 1. The van der Waals surface area contributed by atoms with E-state index in [2.05, 4.69) is 14.1 Å². The van der Waals surface area contributed by atoms with Crippen LogP contribution in [0.5, 0.6) is 5.75 Å². The van der Waals surface area contributed by atoms with Gasteiger partial charge in [-0.2, -0.15) is 8.42 Å². The topological polar surface area (TPSA) is 127 Å². The Morgan fingerprint density at radius 3 is 2.84 bits per heavy atom. The number of fused-ring (bicyclic) bond motifs is 1. The first-order chi connectivity index (χ1) is 15.2. The first kappa shape index (κ1) is 22.1. The average Bonchev–Trinajstić information content (AvgIpc) is 2.76. The molecule has 0 spiro atoms. The summed E-state index contributed by atoms with van der Waals surface area (Å²) in [5, 5.41) is 0. The molecule has 2 aliphatic rings. The van der Waals surface area contributed by atoms with Gasteiger partial charge in [0.1, 0.15) is 5.75 Å². The normalized spacial score (nSPS) is 20.0. The Bertz CT molecular complexity index is 1150. The van der Waals surface area contributed by atoms with Crippen LogP contribution in [-0.4, -0.2) is 49.7 Å². The lowest BCUT2D eigenvalue weighted by molar-refractivity contribution is -0.138. The van der Waals surface area contributed by atoms with Crippen LogP contribution < -0.4 is 15.2 Å². The van der Waals surface area contributed by atoms with Crippen LogP contribution in [0.4, 0.5) is 5.69 Å². The van der Waals surface area contributed by atoms with E-state index in [1.54, 1.807) is 24.4 Å². The van der Waals surface area contributed by atoms with Crippen molar-refractivity contribution >= 4 is 27.6 Å². The van der Waals surface area contributed by atoms with Crippen LogP contribution in [0.15, 0.2) is 47.0 Å². The number of benzene rings is 1. The first-order valence-corrected chi connectivity index (χ1v) is 12.0. The van der Waals surface area contributed by atoms with Gasteiger partial charge in [-0.3, -0.25) is 14.5 Å². The van der Waals surface area contributed by atoms with E-state index >= 15 is 0 Å². The van der Waals surface area contributed by atoms with Crippen LogP contribution >= 0.6 is 0 Å². The number of carbonyl (C=O) groups is 1. The van der Waals surface area contributed by atoms with Gasteiger partial charge in [-0.1, -0.05) is 12.1 Å². The van der Waals surface area contributed by atoms with Gasteiger partial charge in [0, 0.05) is 25.2 Å². The van der Waals surface area contributed by atoms with E-state index < -0.39 is 15.6 Å². The predicted molar refractivity (Wildman–Crippen MR) is 122 cm³/mol. The van der Waals surface area contributed by atoms with Gasteiger partial charge in [-0.05, 0) is 51.0 Å². The molecule has 3 heterocycles. The average molecular weight is 458 g/mol. The number of pyridine rings is 1. The highest BCUT2D eigenvalue weighted by Gasteiger charge is 2.37. The zero-order chi connectivity index (χ0) is 22.9. The van der Waals surface area contributed by atoms with Gasteiger partial charge in [0.15, 0.2) is 5.84 Å². The Morgan fingerprint density at radius 1 is 1.28 bits per heavy atom. The van der Waals surface area contributed by atoms with Crippen molar-refractivity contribution < 1.29 is 17.9 Å². The summed E-state index contributed by atoms with van der Waals surface area (Å²) in [4.78, 5) is 19.5. The van der Waals surface area contributed by atoms with Crippen molar-refractivity contribution in [3.8, 4) is 5.75 Å². The standard InChI is InChI=1S/C22H27N5O4S/c1-22(2,18-10-3-4-11-24-18)21(28)27-12-6-7-15(13-27)14-31-17-9-5-8-16-19(17)20(23)26-32(29,30)25-16/h3-5,8-11,15,25H,6-7,12-14H2,1-2H3,(H2,23,26)/t15-/m0/s1. The fraction of sp³-hybridized carbons (Fsp3) is 0.409. The van der Waals surface area contributed by atoms with Crippen LogP contribution in [0.3, 0.4) is 0 Å². The number of amides is 1. The molecule has 0 aliphatic carbocycles. The van der Waals surface area contributed by atoms with Crippen LogP contribution in [0.25, 0.3) is 0 Å². The molecule has 4 rings (SSSR count). The number of hydrogen-bond acceptors (Lipinski definition) is 6. The Kier molecular flexibility index (Phi) is 5.81. The highest BCUT2D eigenvalue weighted by atomic mass is 32.2. The first-order valence-electron chi connectivity index (χ1n) is 10.5. The molecular weight excluding hydrogens is 430 g/mol. The van der Waals surface area contributed by atoms with E-state index in [9.17, 15) is 13.2 Å². The Hall–Kier alpha value is -3.14. The maximum absolute atomic E-state index is 13.3. The van der Waals surface area contributed by atoms with Crippen molar-refractivity contribution in [1.82, 2.24) is 9.88 Å². The Labute approximate surface area is 187 Å². The van der Waals surface area contributed by atoms with Crippen LogP contribution in [0, 0.1) is 5.92 Å². The van der Waals surface area contributed by atoms with E-state index in [1.165, 1.54) is 0 Å². The molecule has 2 aromatic rings. The number of rotatable bonds is 5. The third-order valence-corrected chi connectivity index (χ3v) is 6.78. The van der Waals surface area contributed by atoms with E-state index in [-0.39, 0.29) is 17.7 Å². The number of amidine groups is 1. The summed E-state index contributed by atoms with van der Waals surface area (Å²) in [5.41, 5.74) is 6.69. The number of likely N-dealkylation sites (tertiary alicyclic amines) is 1. The zero-order valence-electron chi connectivity index (χ0n) is 18.1. The van der Waals surface area contributed by atoms with Gasteiger partial charge in [-0.25, -0.2) is 0 Å². The molecule has 0 unspecified atom stereocenters. The molecule has 10 heteroatoms. The molecule has 2 aliphatic heterocycles. The predicted octanol–water partition coefficient (Wildman–Crippen LogP) is 2.05. The van der Waals surface area contributed by atoms with Crippen LogP contribution in [0.2, 0.25) is 0 Å². The molecule has 32 heavy (non-hydrogen) atoms. The van der Waals surface area contributed by atoms with Gasteiger partial charge in [-0.15, -0.1) is 4.40 Å². The van der Waals surface area contributed by atoms with E-state index in [0.29, 0.717) is 36.7 Å². The van der Waals surface area contributed by atoms with Crippen molar-refractivity contribution in [3.63, 3.8) is 0 Å². The number of anilines is 1. The smallest absolute Gasteiger partial charge is 0.344 e. The number of hydrogen-bond donors (Lipinski definition) is 2. The minimum absolute atomic E-state index is 0.0452. The second-order valence-corrected chi connectivity index (χ2v) is 9.98. The minimum atomic E-state index is -3.84. The molecule has 1 amide bonds. The lowest BCUT2D eigenvalue weighted by Crippen LogP contribution is -2.49. The summed E-state index contributed by atoms with van der Waals surface area (Å²) in [6.45, 7) is 5.46. The summed E-state index contributed by atoms with van der Waals surface area (Å²) in [7, 11) is -3.84. The second kappa shape index (κ2) is 8.42. The number of nitrogens with two attached hydrogens (primary N) is 1. The largest absolute Gasteiger partial charge is 0.492 e. The molecule has 1 aromatic carbocycles. The molecule has 0 bridgehead atoms. The van der Waals surface area contributed by atoms with Crippen LogP contribution in [-0.2, 0) is 20.4 Å². The number of nitrogens with zero attached hydrogens (tertiary/aromatic N) is 3. The molecule has 170 valence electrons. The molecule has 3 N–H and O–H groups in total. The number of carbonyl (C=O) groups excluding carboxylic acids is 1. The second-order valence-electron chi connectivity index (χ2n) is 8.64. The Morgan fingerprint density at radius 2 is 2.09 bits per heavy atom. The fourth-order valence-electron chi connectivity index (χ4n) is 4.17. The molecule has 0 radical (unpaired) electrons. The van der Waals surface area contributed by atoms with Crippen molar-refractivity contribution in [2.24, 2.45) is 16.0 Å². The fourth-order valence-corrected chi connectivity index (χ4v) is 5.01. The van der Waals surface area contributed by atoms with Gasteiger partial charge in [0.2, 0.25) is 5.91 Å². The minimum Gasteiger partial charge on any atom is -0.492 e. The monoisotopic (exact) mass is 457 g/mol. The summed E-state index contributed by atoms with van der Waals surface area (Å²) in [5.74, 6) is 0.542. The highest BCUT2D eigenvalue weighted by molar-refractivity contribution is 7.91. The lowest BCUT2D eigenvalue weighted by atomic mass is 9.85. The molecule has 1 saturated heterocycles. The maximum atomic E-state index is 13.3. The number of ether oxygens (including phenoxy) is 1. The molecule has 1 atom stereocenters. The van der Waals surface area contributed by atoms with Crippen molar-refractivity contribution in [3.05, 3.63) is 53.9 Å². The van der Waals surface area contributed by atoms with Crippen molar-refractivity contribution in [1.29, 1.82) is 0 Å². The number of aromatic nitrogens is 1. The summed E-state index contributed by atoms with van der Waals surface area (Å²) >= 11 is 0. The molecule has 0 saturated carbocycles. The van der Waals surface area contributed by atoms with Gasteiger partial charge >= 0.3 is 10.2 Å². The summed E-state index contributed by atoms with van der Waals surface area (Å²) < 4.78 is 35.4. The van der Waals surface area contributed by atoms with Crippen LogP contribution in [0.1, 0.15) is 37.9 Å². The molecular formula is C22H27N5O4S. The van der Waals surface area contributed by atoms with Gasteiger partial charge < -0.3 is 15.4 Å². The third kappa shape index (κ3) is 4.40. The summed E-state index contributed by atoms with van der Waals surface area (Å²) in [6.07, 6.45) is 3.51. The molecule has 1 aromatic heterocycles. The molecule has 9 nitrogen and oxygen atoms in total. The van der Waals surface area contributed by atoms with E-state index in [4.69, 9.17) is 10.5 Å². The SMILES string of the molecule is CC(C)(C(=O)N1CCC[C@H](COc2cccc3c2C(N)=NS(=O)(=O)N3)C1)c1ccccn1. The lowest BCUT2D eigenvalue weighted by Gasteiger charge is -2.37. The van der Waals surface area contributed by atoms with Gasteiger partial charge in [0.25, 0.3) is 0 Å². The summed E-state index contributed by atoms with van der Waals surface area (Å²) in [6, 6.07) is 10.6. The van der Waals surface area contributed by atoms with Crippen molar-refractivity contribution in [2.75, 3.05) is 24.4 Å². The Balaban J connectivity index is 1.45. The maximum Gasteiger partial charge on any atom is 0.344 e. The number of nitrogens with one attached hydrogen (secondary N) is 1. The highest BCUT2D eigenvalue weighted by Crippen LogP contribution is 2.32. The van der Waals surface area contributed by atoms with Crippen molar-refractivity contribution in [2.45, 2.75) is 32.1 Å². The van der Waals surface area contributed by atoms with Gasteiger partial charge in [0.05, 0.1) is 29.0 Å². The van der Waals surface area contributed by atoms with E-state index in [0.717, 1.165) is 18.5 Å². The zero-order valence-corrected chi connectivity index (χ0v) is 18.9. The third-order valence-electron chi connectivity index (χ3n) is 5.86. The quantitative estimate of drug-likeness (QED) is 0.707. The molecule has 1 fully saturated rings.